The van der Waals surface area contributed by atoms with Crippen molar-refractivity contribution in [2.24, 2.45) is 5.11 Å². The third-order valence-corrected chi connectivity index (χ3v) is 7.81. The number of benzene rings is 2. The molecule has 210 valence electrons. The topological polar surface area (TPSA) is 131 Å². The number of rotatable bonds is 8. The lowest BCUT2D eigenvalue weighted by Gasteiger charge is -2.34. The normalized spacial score (nSPS) is 17.1. The van der Waals surface area contributed by atoms with Crippen LogP contribution in [0.3, 0.4) is 0 Å². The number of aromatic nitrogens is 4. The van der Waals surface area contributed by atoms with Crippen molar-refractivity contribution in [3.05, 3.63) is 93.8 Å². The first-order valence-electron chi connectivity index (χ1n) is 14.1. The number of amides is 1. The molecule has 2 atom stereocenters. The smallest absolute Gasteiger partial charge is 0.434 e. The Balaban J connectivity index is 1.30. The van der Waals surface area contributed by atoms with Gasteiger partial charge in [-0.05, 0) is 74.7 Å². The van der Waals surface area contributed by atoms with Gasteiger partial charge in [-0.1, -0.05) is 41.5 Å². The summed E-state index contributed by atoms with van der Waals surface area (Å²) in [4.78, 5) is 31.7. The Morgan fingerprint density at radius 3 is 2.66 bits per heavy atom. The van der Waals surface area contributed by atoms with E-state index in [4.69, 9.17) is 10.3 Å². The van der Waals surface area contributed by atoms with Crippen molar-refractivity contribution in [3.8, 4) is 0 Å². The number of hydrogen-bond donors (Lipinski definition) is 0. The monoisotopic (exact) mass is 552 g/mol. The van der Waals surface area contributed by atoms with E-state index in [2.05, 4.69) is 20.2 Å². The molecule has 2 aliphatic rings. The molecule has 0 radical (unpaired) electrons. The highest BCUT2D eigenvalue weighted by Crippen LogP contribution is 2.36. The van der Waals surface area contributed by atoms with Gasteiger partial charge in [0.15, 0.2) is 0 Å². The van der Waals surface area contributed by atoms with Gasteiger partial charge in [0.1, 0.15) is 0 Å². The Bertz CT molecular complexity index is 1630. The van der Waals surface area contributed by atoms with Crippen LogP contribution < -0.4 is 0 Å². The fourth-order valence-electron chi connectivity index (χ4n) is 5.81. The number of aryl methyl sites for hydroxylation is 1. The summed E-state index contributed by atoms with van der Waals surface area (Å²) in [6.45, 7) is 3.82. The van der Waals surface area contributed by atoms with E-state index in [0.717, 1.165) is 47.0 Å². The number of azide groups is 1. The molecule has 1 saturated carbocycles. The molecule has 6 rings (SSSR count). The third kappa shape index (κ3) is 5.28. The van der Waals surface area contributed by atoms with E-state index in [1.165, 1.54) is 4.68 Å². The summed E-state index contributed by atoms with van der Waals surface area (Å²) in [5.74, 6) is -0.0102. The maximum Gasteiger partial charge on any atom is 0.434 e. The number of carbonyl (C=O) groups excluding carboxylic acids is 2. The predicted octanol–water partition coefficient (Wildman–Crippen LogP) is 5.69. The molecule has 41 heavy (non-hydrogen) atoms. The molecule has 2 aromatic heterocycles. The van der Waals surface area contributed by atoms with Crippen molar-refractivity contribution >= 4 is 22.9 Å². The first-order chi connectivity index (χ1) is 19.9. The molecule has 0 aliphatic heterocycles. The second-order valence-electron chi connectivity index (χ2n) is 11.0. The summed E-state index contributed by atoms with van der Waals surface area (Å²) in [6, 6.07) is 15.4. The zero-order valence-electron chi connectivity index (χ0n) is 23.1. The fraction of sp³-hybridized carbons (Fsp3) is 0.400. The Labute approximate surface area is 237 Å². The Morgan fingerprint density at radius 2 is 1.93 bits per heavy atom. The lowest BCUT2D eigenvalue weighted by molar-refractivity contribution is 0.0644. The van der Waals surface area contributed by atoms with Crippen LogP contribution in [0.2, 0.25) is 0 Å². The Hall–Kier alpha value is -4.63. The van der Waals surface area contributed by atoms with Gasteiger partial charge in [0.2, 0.25) is 0 Å². The van der Waals surface area contributed by atoms with Crippen molar-refractivity contribution in [3.63, 3.8) is 0 Å². The molecule has 0 saturated heterocycles. The van der Waals surface area contributed by atoms with Gasteiger partial charge in [-0.2, -0.15) is 14.9 Å². The standard InChI is InChI=1S/C30H32N8O3/c1-19(2)41-30(40)36-18-21-15-23(13-14-26(21)34-36)37(22-11-12-22)29(39)24-9-6-10-27-25(24)16-33-38(27)28(17-32-35-31)20-7-4-3-5-8-20/h3-10,16,18-19,22-23,28H,11-15,17H2,1-2H3. The lowest BCUT2D eigenvalue weighted by Crippen LogP contribution is -2.44. The average Bonchev–Trinajstić information content (AvgIpc) is 3.55. The van der Waals surface area contributed by atoms with E-state index in [1.807, 2.05) is 72.0 Å². The lowest BCUT2D eigenvalue weighted by atomic mass is 9.91. The zero-order chi connectivity index (χ0) is 28.5. The van der Waals surface area contributed by atoms with E-state index < -0.39 is 6.09 Å². The van der Waals surface area contributed by atoms with E-state index in [1.54, 1.807) is 12.4 Å². The van der Waals surface area contributed by atoms with Gasteiger partial charge in [0.25, 0.3) is 5.91 Å². The molecule has 1 fully saturated rings. The molecule has 2 unspecified atom stereocenters. The fourth-order valence-corrected chi connectivity index (χ4v) is 5.81. The molecule has 1 amide bonds. The maximum atomic E-state index is 14.2. The zero-order valence-corrected chi connectivity index (χ0v) is 23.1. The molecular weight excluding hydrogens is 520 g/mol. The molecular formula is C30H32N8O3. The molecule has 0 bridgehead atoms. The van der Waals surface area contributed by atoms with Crippen LogP contribution in [0.4, 0.5) is 4.79 Å². The van der Waals surface area contributed by atoms with Crippen LogP contribution in [-0.4, -0.2) is 61.2 Å². The molecule has 0 N–H and O–H groups in total. The molecule has 2 heterocycles. The predicted molar refractivity (Wildman–Crippen MR) is 153 cm³/mol. The Morgan fingerprint density at radius 1 is 1.12 bits per heavy atom. The van der Waals surface area contributed by atoms with Gasteiger partial charge < -0.3 is 9.64 Å². The number of ether oxygens (including phenoxy) is 1. The SMILES string of the molecule is CC(C)OC(=O)n1cc2c(n1)CCC(N(C(=O)c1cccc3c1cnn3C(CN=[N+]=[N-])c1ccccc1)C1CC1)C2. The third-order valence-electron chi connectivity index (χ3n) is 7.81. The summed E-state index contributed by atoms with van der Waals surface area (Å²) in [5, 5.41) is 13.8. The minimum atomic E-state index is -0.487. The van der Waals surface area contributed by atoms with Gasteiger partial charge >= 0.3 is 6.09 Å². The highest BCUT2D eigenvalue weighted by atomic mass is 16.6. The van der Waals surface area contributed by atoms with Crippen molar-refractivity contribution in [1.82, 2.24) is 24.5 Å². The van der Waals surface area contributed by atoms with Crippen LogP contribution in [0.15, 0.2) is 66.0 Å². The number of fused-ring (bicyclic) bond motifs is 2. The van der Waals surface area contributed by atoms with E-state index >= 15 is 0 Å². The summed E-state index contributed by atoms with van der Waals surface area (Å²) < 4.78 is 8.43. The second kappa shape index (κ2) is 11.1. The number of carbonyl (C=O) groups is 2. The van der Waals surface area contributed by atoms with E-state index in [0.29, 0.717) is 18.4 Å². The summed E-state index contributed by atoms with van der Waals surface area (Å²) in [5.41, 5.74) is 13.3. The molecule has 4 aromatic rings. The first-order valence-corrected chi connectivity index (χ1v) is 14.1. The van der Waals surface area contributed by atoms with Gasteiger partial charge in [0, 0.05) is 28.6 Å². The Kier molecular flexibility index (Phi) is 7.19. The molecule has 2 aliphatic carbocycles. The minimum absolute atomic E-state index is 0.00797. The van der Waals surface area contributed by atoms with Gasteiger partial charge in [-0.15, -0.1) is 0 Å². The van der Waals surface area contributed by atoms with Crippen LogP contribution in [0, 0.1) is 0 Å². The quantitative estimate of drug-likeness (QED) is 0.157. The molecule has 2 aromatic carbocycles. The van der Waals surface area contributed by atoms with Gasteiger partial charge in [-0.25, -0.2) is 4.79 Å². The van der Waals surface area contributed by atoms with Crippen LogP contribution >= 0.6 is 0 Å². The highest BCUT2D eigenvalue weighted by Gasteiger charge is 2.40. The van der Waals surface area contributed by atoms with Crippen LogP contribution in [0.1, 0.15) is 66.3 Å². The number of nitrogens with zero attached hydrogens (tertiary/aromatic N) is 8. The van der Waals surface area contributed by atoms with Crippen molar-refractivity contribution in [1.29, 1.82) is 0 Å². The first kappa shape index (κ1) is 26.6. The average molecular weight is 553 g/mol. The number of hydrogen-bond acceptors (Lipinski definition) is 6. The van der Waals surface area contributed by atoms with Crippen molar-refractivity contribution in [2.75, 3.05) is 6.54 Å². The molecule has 0 spiro atoms. The summed E-state index contributed by atoms with van der Waals surface area (Å²) in [6.07, 6.45) is 6.85. The maximum absolute atomic E-state index is 14.2. The van der Waals surface area contributed by atoms with Crippen LogP contribution in [0.25, 0.3) is 21.3 Å². The molecule has 11 heteroatoms. The summed E-state index contributed by atoms with van der Waals surface area (Å²) >= 11 is 0. The van der Waals surface area contributed by atoms with E-state index in [-0.39, 0.29) is 36.7 Å². The van der Waals surface area contributed by atoms with Crippen molar-refractivity contribution in [2.45, 2.75) is 70.2 Å². The van der Waals surface area contributed by atoms with Crippen LogP contribution in [0.5, 0.6) is 0 Å². The second-order valence-corrected chi connectivity index (χ2v) is 11.0. The van der Waals surface area contributed by atoms with Crippen LogP contribution in [-0.2, 0) is 17.6 Å². The van der Waals surface area contributed by atoms with Gasteiger partial charge in [0.05, 0.1) is 41.7 Å². The van der Waals surface area contributed by atoms with Gasteiger partial charge in [-0.3, -0.25) is 9.48 Å². The minimum Gasteiger partial charge on any atom is -0.445 e. The summed E-state index contributed by atoms with van der Waals surface area (Å²) in [7, 11) is 0. The molecule has 11 nitrogen and oxygen atoms in total. The van der Waals surface area contributed by atoms with E-state index in [9.17, 15) is 9.59 Å². The highest BCUT2D eigenvalue weighted by molar-refractivity contribution is 6.06. The largest absolute Gasteiger partial charge is 0.445 e. The van der Waals surface area contributed by atoms with Crippen molar-refractivity contribution < 1.29 is 14.3 Å².